The second kappa shape index (κ2) is 5.10. The van der Waals surface area contributed by atoms with Gasteiger partial charge in [0.15, 0.2) is 0 Å². The number of amides is 1. The van der Waals surface area contributed by atoms with Crippen LogP contribution in [0.15, 0.2) is 0 Å². The highest BCUT2D eigenvalue weighted by Crippen LogP contribution is 2.34. The van der Waals surface area contributed by atoms with E-state index in [-0.39, 0.29) is 12.0 Å². The van der Waals surface area contributed by atoms with E-state index in [4.69, 9.17) is 4.74 Å². The smallest absolute Gasteiger partial charge is 0.255 e. The highest BCUT2D eigenvalue weighted by atomic mass is 32.1. The normalized spacial score (nSPS) is 17.2. The molecule has 6 heteroatoms. The fourth-order valence-electron chi connectivity index (χ4n) is 1.61. The topological polar surface area (TPSA) is 64.1 Å². The first-order valence-electron chi connectivity index (χ1n) is 5.79. The molecule has 0 radical (unpaired) electrons. The molecule has 1 aromatic rings. The number of aromatic nitrogens is 2. The molecule has 0 saturated heterocycles. The fraction of sp³-hybridized carbons (Fsp3) is 0.727. The predicted octanol–water partition coefficient (Wildman–Crippen LogP) is 2.02. The molecule has 1 aliphatic carbocycles. The monoisotopic (exact) mass is 255 g/mol. The van der Waals surface area contributed by atoms with Crippen LogP contribution in [-0.4, -0.2) is 29.3 Å². The minimum atomic E-state index is -0.346. The molecule has 0 aromatic carbocycles. The molecule has 2 rings (SSSR count). The fourth-order valence-corrected chi connectivity index (χ4v) is 2.36. The second-order valence-electron chi connectivity index (χ2n) is 4.58. The molecule has 1 heterocycles. The van der Waals surface area contributed by atoms with Crippen LogP contribution in [0.3, 0.4) is 0 Å². The van der Waals surface area contributed by atoms with Gasteiger partial charge >= 0.3 is 0 Å². The zero-order valence-electron chi connectivity index (χ0n) is 10.3. The first kappa shape index (κ1) is 12.4. The average Bonchev–Trinajstić information content (AvgIpc) is 2.98. The second-order valence-corrected chi connectivity index (χ2v) is 5.59. The third-order valence-electron chi connectivity index (χ3n) is 2.73. The SMILES string of the molecule is COC(C(=O)Nc1nnc(C(C)C)s1)C1CC1. The maximum Gasteiger partial charge on any atom is 0.255 e. The summed E-state index contributed by atoms with van der Waals surface area (Å²) >= 11 is 1.42. The third kappa shape index (κ3) is 3.01. The van der Waals surface area contributed by atoms with E-state index in [9.17, 15) is 4.79 Å². The molecule has 0 spiro atoms. The van der Waals surface area contributed by atoms with E-state index in [1.54, 1.807) is 7.11 Å². The van der Waals surface area contributed by atoms with Crippen molar-refractivity contribution in [1.82, 2.24) is 10.2 Å². The Morgan fingerprint density at radius 2 is 2.18 bits per heavy atom. The zero-order valence-corrected chi connectivity index (χ0v) is 11.1. The van der Waals surface area contributed by atoms with Gasteiger partial charge in [-0.25, -0.2) is 0 Å². The van der Waals surface area contributed by atoms with Gasteiger partial charge in [0, 0.05) is 13.0 Å². The molecule has 1 atom stereocenters. The number of methoxy groups -OCH3 is 1. The summed E-state index contributed by atoms with van der Waals surface area (Å²) in [5.74, 6) is 0.596. The molecule has 1 saturated carbocycles. The van der Waals surface area contributed by atoms with Gasteiger partial charge in [-0.3, -0.25) is 10.1 Å². The summed E-state index contributed by atoms with van der Waals surface area (Å²) in [7, 11) is 1.57. The molecule has 0 bridgehead atoms. The molecule has 5 nitrogen and oxygen atoms in total. The maximum atomic E-state index is 11.9. The van der Waals surface area contributed by atoms with Gasteiger partial charge in [0.25, 0.3) is 5.91 Å². The summed E-state index contributed by atoms with van der Waals surface area (Å²) in [6, 6.07) is 0. The van der Waals surface area contributed by atoms with Gasteiger partial charge in [0.05, 0.1) is 0 Å². The van der Waals surface area contributed by atoms with Gasteiger partial charge in [-0.15, -0.1) is 10.2 Å². The first-order valence-corrected chi connectivity index (χ1v) is 6.60. The van der Waals surface area contributed by atoms with Crippen molar-refractivity contribution in [3.05, 3.63) is 5.01 Å². The number of rotatable bonds is 5. The van der Waals surface area contributed by atoms with Crippen molar-refractivity contribution in [3.8, 4) is 0 Å². The Kier molecular flexibility index (Phi) is 3.73. The first-order chi connectivity index (χ1) is 8.11. The highest BCUT2D eigenvalue weighted by Gasteiger charge is 2.36. The molecule has 1 amide bonds. The molecule has 1 aromatic heterocycles. The standard InChI is InChI=1S/C11H17N3O2S/c1-6(2)10-13-14-11(17-10)12-9(15)8(16-3)7-4-5-7/h6-8H,4-5H2,1-3H3,(H,12,14,15). The average molecular weight is 255 g/mol. The Bertz CT molecular complexity index is 401. The van der Waals surface area contributed by atoms with Crippen LogP contribution in [0.5, 0.6) is 0 Å². The molecular weight excluding hydrogens is 238 g/mol. The van der Waals surface area contributed by atoms with Gasteiger partial charge in [0.1, 0.15) is 11.1 Å². The van der Waals surface area contributed by atoms with Crippen molar-refractivity contribution in [2.24, 2.45) is 5.92 Å². The summed E-state index contributed by atoms with van der Waals surface area (Å²) in [5.41, 5.74) is 0. The number of nitrogens with zero attached hydrogens (tertiary/aromatic N) is 2. The van der Waals surface area contributed by atoms with Gasteiger partial charge in [-0.1, -0.05) is 25.2 Å². The van der Waals surface area contributed by atoms with Crippen LogP contribution in [0.1, 0.15) is 37.6 Å². The summed E-state index contributed by atoms with van der Waals surface area (Å²) in [4.78, 5) is 11.9. The van der Waals surface area contributed by atoms with Crippen molar-refractivity contribution in [1.29, 1.82) is 0 Å². The quantitative estimate of drug-likeness (QED) is 0.874. The van der Waals surface area contributed by atoms with Crippen molar-refractivity contribution >= 4 is 22.4 Å². The number of anilines is 1. The number of ether oxygens (including phenoxy) is 1. The molecule has 1 N–H and O–H groups in total. The van der Waals surface area contributed by atoms with Crippen molar-refractivity contribution in [3.63, 3.8) is 0 Å². The summed E-state index contributed by atoms with van der Waals surface area (Å²) < 4.78 is 5.21. The molecule has 94 valence electrons. The van der Waals surface area contributed by atoms with Gasteiger partial charge in [-0.2, -0.15) is 0 Å². The van der Waals surface area contributed by atoms with Gasteiger partial charge in [-0.05, 0) is 18.8 Å². The van der Waals surface area contributed by atoms with Gasteiger partial charge < -0.3 is 4.74 Å². The Labute approximate surface area is 105 Å². The van der Waals surface area contributed by atoms with E-state index in [1.807, 2.05) is 13.8 Å². The predicted molar refractivity (Wildman–Crippen MR) is 66.1 cm³/mol. The van der Waals surface area contributed by atoms with E-state index >= 15 is 0 Å². The minimum absolute atomic E-state index is 0.110. The maximum absolute atomic E-state index is 11.9. The molecule has 0 aliphatic heterocycles. The molecule has 1 fully saturated rings. The van der Waals surface area contributed by atoms with E-state index in [2.05, 4.69) is 15.5 Å². The largest absolute Gasteiger partial charge is 0.371 e. The summed E-state index contributed by atoms with van der Waals surface area (Å²) in [6.45, 7) is 4.10. The molecular formula is C11H17N3O2S. The van der Waals surface area contributed by atoms with E-state index in [0.717, 1.165) is 17.8 Å². The highest BCUT2D eigenvalue weighted by molar-refractivity contribution is 7.15. The minimum Gasteiger partial charge on any atom is -0.371 e. The number of carbonyl (C=O) groups is 1. The Hall–Kier alpha value is -1.01. The summed E-state index contributed by atoms with van der Waals surface area (Å²) in [5, 5.41) is 12.2. The van der Waals surface area contributed by atoms with Crippen molar-refractivity contribution in [2.45, 2.75) is 38.7 Å². The van der Waals surface area contributed by atoms with Crippen LogP contribution < -0.4 is 5.32 Å². The van der Waals surface area contributed by atoms with Crippen LogP contribution in [0, 0.1) is 5.92 Å². The van der Waals surface area contributed by atoms with E-state index in [0.29, 0.717) is 17.0 Å². The number of hydrogen-bond acceptors (Lipinski definition) is 5. The Morgan fingerprint density at radius 1 is 1.47 bits per heavy atom. The van der Waals surface area contributed by atoms with E-state index in [1.165, 1.54) is 11.3 Å². The molecule has 17 heavy (non-hydrogen) atoms. The van der Waals surface area contributed by atoms with E-state index < -0.39 is 0 Å². The van der Waals surface area contributed by atoms with Crippen molar-refractivity contribution < 1.29 is 9.53 Å². The van der Waals surface area contributed by atoms with Gasteiger partial charge in [0.2, 0.25) is 5.13 Å². The lowest BCUT2D eigenvalue weighted by molar-refractivity contribution is -0.126. The van der Waals surface area contributed by atoms with Crippen LogP contribution in [0.25, 0.3) is 0 Å². The lowest BCUT2D eigenvalue weighted by Crippen LogP contribution is -2.31. The Balaban J connectivity index is 1.96. The number of nitrogens with one attached hydrogen (secondary N) is 1. The zero-order chi connectivity index (χ0) is 12.4. The van der Waals surface area contributed by atoms with Crippen LogP contribution in [0.4, 0.5) is 5.13 Å². The van der Waals surface area contributed by atoms with Crippen LogP contribution in [0.2, 0.25) is 0 Å². The van der Waals surface area contributed by atoms with Crippen LogP contribution in [-0.2, 0) is 9.53 Å². The lowest BCUT2D eigenvalue weighted by atomic mass is 10.2. The molecule has 1 aliphatic rings. The third-order valence-corrected chi connectivity index (χ3v) is 3.87. The Morgan fingerprint density at radius 3 is 2.65 bits per heavy atom. The molecule has 1 unspecified atom stereocenters. The lowest BCUT2D eigenvalue weighted by Gasteiger charge is -2.12. The number of hydrogen-bond donors (Lipinski definition) is 1. The number of carbonyl (C=O) groups excluding carboxylic acids is 1. The summed E-state index contributed by atoms with van der Waals surface area (Å²) in [6.07, 6.45) is 1.79. The van der Waals surface area contributed by atoms with Crippen LogP contribution >= 0.6 is 11.3 Å². The van der Waals surface area contributed by atoms with Crippen molar-refractivity contribution in [2.75, 3.05) is 12.4 Å².